The Morgan fingerprint density at radius 2 is 2.00 bits per heavy atom. The Bertz CT molecular complexity index is 704. The van der Waals surface area contributed by atoms with Crippen molar-refractivity contribution in [1.29, 1.82) is 0 Å². The predicted molar refractivity (Wildman–Crippen MR) is 106 cm³/mol. The first kappa shape index (κ1) is 20.5. The minimum Gasteiger partial charge on any atom is -0.368 e. The molecule has 2 amide bonds. The molecule has 1 aromatic carbocycles. The van der Waals surface area contributed by atoms with E-state index in [2.05, 4.69) is 5.32 Å². The van der Waals surface area contributed by atoms with E-state index in [1.807, 2.05) is 44.2 Å². The lowest BCUT2D eigenvalue weighted by atomic mass is 9.95. The molecule has 2 aliphatic rings. The molecule has 0 bridgehead atoms. The Balaban J connectivity index is 1.64. The molecule has 3 rings (SSSR count). The summed E-state index contributed by atoms with van der Waals surface area (Å²) >= 11 is 0. The van der Waals surface area contributed by atoms with E-state index in [1.165, 1.54) is 0 Å². The van der Waals surface area contributed by atoms with Crippen LogP contribution in [0.5, 0.6) is 0 Å². The average Bonchev–Trinajstić information content (AvgIpc) is 3.07. The van der Waals surface area contributed by atoms with Crippen LogP contribution in [-0.2, 0) is 25.5 Å². The van der Waals surface area contributed by atoms with Gasteiger partial charge in [-0.15, -0.1) is 0 Å². The number of ketones is 1. The number of hydrogen-bond donors (Lipinski definition) is 1. The topological polar surface area (TPSA) is 75.7 Å². The van der Waals surface area contributed by atoms with E-state index in [4.69, 9.17) is 4.74 Å². The Morgan fingerprint density at radius 3 is 2.71 bits per heavy atom. The number of nitrogens with zero attached hydrogens (tertiary/aromatic N) is 1. The van der Waals surface area contributed by atoms with Crippen LogP contribution in [0.2, 0.25) is 0 Å². The monoisotopic (exact) mass is 386 g/mol. The highest BCUT2D eigenvalue weighted by Gasteiger charge is 2.45. The van der Waals surface area contributed by atoms with Crippen LogP contribution in [-0.4, -0.2) is 53.8 Å². The first-order chi connectivity index (χ1) is 13.5. The SMILES string of the molecule is CC(C)CC(NC(=O)CCc1ccccc1)C(=O)N1CCCC2OCC(=O)C21. The van der Waals surface area contributed by atoms with E-state index < -0.39 is 12.1 Å². The number of hydrogen-bond acceptors (Lipinski definition) is 4. The lowest BCUT2D eigenvalue weighted by molar-refractivity contribution is -0.144. The summed E-state index contributed by atoms with van der Waals surface area (Å²) in [5.74, 6) is -0.0723. The number of rotatable bonds is 7. The van der Waals surface area contributed by atoms with Crippen LogP contribution in [0.3, 0.4) is 0 Å². The van der Waals surface area contributed by atoms with Gasteiger partial charge in [-0.2, -0.15) is 0 Å². The normalized spacial score (nSPS) is 22.8. The summed E-state index contributed by atoms with van der Waals surface area (Å²) in [5, 5.41) is 2.93. The van der Waals surface area contributed by atoms with E-state index in [-0.39, 0.29) is 36.2 Å². The van der Waals surface area contributed by atoms with E-state index in [0.29, 0.717) is 25.8 Å². The van der Waals surface area contributed by atoms with E-state index in [1.54, 1.807) is 4.90 Å². The van der Waals surface area contributed by atoms with Crippen molar-refractivity contribution in [3.63, 3.8) is 0 Å². The Morgan fingerprint density at radius 1 is 1.25 bits per heavy atom. The van der Waals surface area contributed by atoms with Crippen LogP contribution in [0.15, 0.2) is 30.3 Å². The molecular weight excluding hydrogens is 356 g/mol. The van der Waals surface area contributed by atoms with E-state index in [0.717, 1.165) is 18.4 Å². The van der Waals surface area contributed by atoms with Crippen molar-refractivity contribution in [1.82, 2.24) is 10.2 Å². The maximum Gasteiger partial charge on any atom is 0.245 e. The van der Waals surface area contributed by atoms with Crippen molar-refractivity contribution in [2.24, 2.45) is 5.92 Å². The zero-order valence-corrected chi connectivity index (χ0v) is 16.7. The molecule has 2 heterocycles. The van der Waals surface area contributed by atoms with Gasteiger partial charge in [-0.3, -0.25) is 14.4 Å². The van der Waals surface area contributed by atoms with E-state index in [9.17, 15) is 14.4 Å². The predicted octanol–water partition coefficient (Wildman–Crippen LogP) is 2.11. The molecule has 2 saturated heterocycles. The van der Waals surface area contributed by atoms with Crippen LogP contribution in [0, 0.1) is 5.92 Å². The van der Waals surface area contributed by atoms with Crippen LogP contribution in [0.1, 0.15) is 45.1 Å². The standard InChI is InChI=1S/C22H30N2O4/c1-15(2)13-17(23-20(26)11-10-16-7-4-3-5-8-16)22(27)24-12-6-9-19-21(24)18(25)14-28-19/h3-5,7-8,15,17,19,21H,6,9-14H2,1-2H3,(H,23,26). The van der Waals surface area contributed by atoms with Gasteiger partial charge in [0.2, 0.25) is 11.8 Å². The minimum atomic E-state index is -0.601. The fourth-order valence-electron chi connectivity index (χ4n) is 4.10. The summed E-state index contributed by atoms with van der Waals surface area (Å²) in [4.78, 5) is 39.6. The molecule has 3 unspecified atom stereocenters. The zero-order chi connectivity index (χ0) is 20.1. The van der Waals surface area contributed by atoms with Crippen molar-refractivity contribution in [2.75, 3.05) is 13.2 Å². The number of benzene rings is 1. The number of nitrogens with one attached hydrogen (secondary N) is 1. The molecule has 0 spiro atoms. The maximum atomic E-state index is 13.2. The third-order valence-electron chi connectivity index (χ3n) is 5.45. The largest absolute Gasteiger partial charge is 0.368 e. The third-order valence-corrected chi connectivity index (χ3v) is 5.45. The van der Waals surface area contributed by atoms with Gasteiger partial charge in [-0.25, -0.2) is 0 Å². The van der Waals surface area contributed by atoms with Crippen LogP contribution < -0.4 is 5.32 Å². The first-order valence-corrected chi connectivity index (χ1v) is 10.2. The summed E-state index contributed by atoms with van der Waals surface area (Å²) in [7, 11) is 0. The molecule has 1 N–H and O–H groups in total. The smallest absolute Gasteiger partial charge is 0.245 e. The minimum absolute atomic E-state index is 0.0308. The number of ether oxygens (including phenoxy) is 1. The number of carbonyl (C=O) groups excluding carboxylic acids is 3. The molecule has 3 atom stereocenters. The van der Waals surface area contributed by atoms with Gasteiger partial charge in [0.05, 0.1) is 6.10 Å². The zero-order valence-electron chi connectivity index (χ0n) is 16.7. The van der Waals surface area contributed by atoms with Gasteiger partial charge in [0.15, 0.2) is 5.78 Å². The molecule has 6 heteroatoms. The van der Waals surface area contributed by atoms with Crippen LogP contribution >= 0.6 is 0 Å². The molecule has 2 fully saturated rings. The fourth-order valence-corrected chi connectivity index (χ4v) is 4.10. The Hall–Kier alpha value is -2.21. The van der Waals surface area contributed by atoms with Crippen molar-refractivity contribution in [3.05, 3.63) is 35.9 Å². The Labute approximate surface area is 166 Å². The molecule has 1 aromatic rings. The number of fused-ring (bicyclic) bond motifs is 1. The molecule has 0 aliphatic carbocycles. The van der Waals surface area contributed by atoms with Crippen LogP contribution in [0.4, 0.5) is 0 Å². The van der Waals surface area contributed by atoms with Gasteiger partial charge in [0.25, 0.3) is 0 Å². The highest BCUT2D eigenvalue weighted by molar-refractivity contribution is 5.94. The first-order valence-electron chi connectivity index (χ1n) is 10.2. The number of amides is 2. The fraction of sp³-hybridized carbons (Fsp3) is 0.591. The van der Waals surface area contributed by atoms with Crippen molar-refractivity contribution < 1.29 is 19.1 Å². The maximum absolute atomic E-state index is 13.2. The third kappa shape index (κ3) is 4.98. The molecule has 0 radical (unpaired) electrons. The van der Waals surface area contributed by atoms with Gasteiger partial charge >= 0.3 is 0 Å². The molecule has 28 heavy (non-hydrogen) atoms. The van der Waals surface area contributed by atoms with Gasteiger partial charge in [-0.1, -0.05) is 44.2 Å². The Kier molecular flexibility index (Phi) is 6.83. The molecule has 2 aliphatic heterocycles. The van der Waals surface area contributed by atoms with E-state index >= 15 is 0 Å². The summed E-state index contributed by atoms with van der Waals surface area (Å²) in [6.45, 7) is 4.68. The highest BCUT2D eigenvalue weighted by Crippen LogP contribution is 2.27. The molecule has 6 nitrogen and oxygen atoms in total. The number of Topliss-reactive ketones (excluding diaryl/α,β-unsaturated/α-hetero) is 1. The van der Waals surface area contributed by atoms with Gasteiger partial charge in [0.1, 0.15) is 18.7 Å². The average molecular weight is 386 g/mol. The molecule has 0 saturated carbocycles. The number of carbonyl (C=O) groups is 3. The second kappa shape index (κ2) is 9.32. The quantitative estimate of drug-likeness (QED) is 0.779. The summed E-state index contributed by atoms with van der Waals surface area (Å²) < 4.78 is 5.55. The number of piperidine rings is 1. The second-order valence-electron chi connectivity index (χ2n) is 8.17. The summed E-state index contributed by atoms with van der Waals surface area (Å²) in [5.41, 5.74) is 1.09. The van der Waals surface area contributed by atoms with Crippen LogP contribution in [0.25, 0.3) is 0 Å². The summed E-state index contributed by atoms with van der Waals surface area (Å²) in [6.07, 6.45) is 2.95. The van der Waals surface area contributed by atoms with Crippen molar-refractivity contribution in [2.45, 2.75) is 64.1 Å². The van der Waals surface area contributed by atoms with Gasteiger partial charge in [-0.05, 0) is 37.2 Å². The highest BCUT2D eigenvalue weighted by atomic mass is 16.5. The van der Waals surface area contributed by atoms with Gasteiger partial charge < -0.3 is 15.0 Å². The summed E-state index contributed by atoms with van der Waals surface area (Å²) in [6, 6.07) is 8.73. The lowest BCUT2D eigenvalue weighted by Gasteiger charge is -2.37. The molecular formula is C22H30N2O4. The second-order valence-corrected chi connectivity index (χ2v) is 8.17. The number of likely N-dealkylation sites (tertiary alicyclic amines) is 1. The molecule has 0 aromatic heterocycles. The van der Waals surface area contributed by atoms with Gasteiger partial charge in [0, 0.05) is 13.0 Å². The lowest BCUT2D eigenvalue weighted by Crippen LogP contribution is -2.58. The van der Waals surface area contributed by atoms with Crippen molar-refractivity contribution >= 4 is 17.6 Å². The number of aryl methyl sites for hydroxylation is 1. The van der Waals surface area contributed by atoms with Crippen molar-refractivity contribution in [3.8, 4) is 0 Å². The molecule has 152 valence electrons.